The van der Waals surface area contributed by atoms with Crippen molar-refractivity contribution in [1.82, 2.24) is 4.90 Å². The van der Waals surface area contributed by atoms with E-state index in [2.05, 4.69) is 25.7 Å². The Bertz CT molecular complexity index is 163. The van der Waals surface area contributed by atoms with Crippen LogP contribution in [0.2, 0.25) is 0 Å². The highest BCUT2D eigenvalue weighted by atomic mass is 35.5. The van der Waals surface area contributed by atoms with Crippen molar-refractivity contribution >= 4 is 11.6 Å². The van der Waals surface area contributed by atoms with Gasteiger partial charge in [0.1, 0.15) is 0 Å². The number of likely N-dealkylation sites (tertiary alicyclic amines) is 1. The van der Waals surface area contributed by atoms with E-state index < -0.39 is 0 Å². The number of alkyl halides is 1. The van der Waals surface area contributed by atoms with Crippen LogP contribution < -0.4 is 0 Å². The fourth-order valence-electron chi connectivity index (χ4n) is 1.71. The monoisotopic (exact) mass is 219 g/mol. The van der Waals surface area contributed by atoms with Gasteiger partial charge in [-0.25, -0.2) is 0 Å². The molecule has 14 heavy (non-hydrogen) atoms. The van der Waals surface area contributed by atoms with Crippen molar-refractivity contribution in [3.05, 3.63) is 0 Å². The molecule has 1 aliphatic heterocycles. The summed E-state index contributed by atoms with van der Waals surface area (Å²) in [5.41, 5.74) is 0. The van der Waals surface area contributed by atoms with Gasteiger partial charge in [-0.05, 0) is 32.7 Å². The van der Waals surface area contributed by atoms with Gasteiger partial charge in [0, 0.05) is 18.5 Å². The maximum absolute atomic E-state index is 6.22. The Hall–Kier alpha value is 0.210. The predicted octanol–water partition coefficient (Wildman–Crippen LogP) is 2.36. The van der Waals surface area contributed by atoms with E-state index >= 15 is 0 Å². The molecule has 0 saturated carbocycles. The van der Waals surface area contributed by atoms with Gasteiger partial charge in [-0.15, -0.1) is 11.6 Å². The zero-order valence-corrected chi connectivity index (χ0v) is 10.3. The van der Waals surface area contributed by atoms with Crippen LogP contribution in [0.25, 0.3) is 0 Å². The van der Waals surface area contributed by atoms with Crippen molar-refractivity contribution in [2.75, 3.05) is 26.2 Å². The van der Waals surface area contributed by atoms with Crippen LogP contribution in [0.15, 0.2) is 0 Å². The molecule has 1 heterocycles. The Morgan fingerprint density at radius 1 is 1.50 bits per heavy atom. The normalized spacial score (nSPS) is 29.8. The molecule has 0 aromatic carbocycles. The number of nitrogens with zero attached hydrogens (tertiary/aromatic N) is 1. The molecule has 0 aromatic rings. The molecule has 2 nitrogen and oxygen atoms in total. The third-order valence-electron chi connectivity index (χ3n) is 2.81. The highest BCUT2D eigenvalue weighted by Crippen LogP contribution is 2.21. The molecule has 1 aliphatic rings. The van der Waals surface area contributed by atoms with E-state index in [0.29, 0.717) is 17.4 Å². The minimum absolute atomic E-state index is 0.322. The lowest BCUT2D eigenvalue weighted by atomic mass is 9.99. The molecule has 84 valence electrons. The summed E-state index contributed by atoms with van der Waals surface area (Å²) in [4.78, 5) is 2.40. The minimum atomic E-state index is 0.322. The summed E-state index contributed by atoms with van der Waals surface area (Å²) in [6.07, 6.45) is 1.56. The zero-order chi connectivity index (χ0) is 10.6. The van der Waals surface area contributed by atoms with E-state index in [9.17, 15) is 0 Å². The Morgan fingerprint density at radius 2 is 2.21 bits per heavy atom. The summed E-state index contributed by atoms with van der Waals surface area (Å²) in [5.74, 6) is 0.666. The van der Waals surface area contributed by atoms with E-state index in [-0.39, 0.29) is 0 Å². The van der Waals surface area contributed by atoms with Gasteiger partial charge in [-0.2, -0.15) is 0 Å². The van der Waals surface area contributed by atoms with Crippen LogP contribution in [0, 0.1) is 5.92 Å². The Kier molecular flexibility index (Phi) is 5.21. The summed E-state index contributed by atoms with van der Waals surface area (Å²) in [6.45, 7) is 10.4. The number of hydrogen-bond donors (Lipinski definition) is 0. The molecule has 0 N–H and O–H groups in total. The van der Waals surface area contributed by atoms with Gasteiger partial charge in [0.2, 0.25) is 0 Å². The number of hydrogen-bond acceptors (Lipinski definition) is 2. The second-order valence-electron chi connectivity index (χ2n) is 4.50. The summed E-state index contributed by atoms with van der Waals surface area (Å²) < 4.78 is 5.52. The van der Waals surface area contributed by atoms with Gasteiger partial charge in [0.15, 0.2) is 0 Å². The van der Waals surface area contributed by atoms with Crippen LogP contribution in [0.5, 0.6) is 0 Å². The highest BCUT2D eigenvalue weighted by Gasteiger charge is 2.23. The van der Waals surface area contributed by atoms with E-state index in [4.69, 9.17) is 16.3 Å². The van der Waals surface area contributed by atoms with Crippen LogP contribution in [0.3, 0.4) is 0 Å². The van der Waals surface area contributed by atoms with Crippen LogP contribution in [-0.2, 0) is 4.74 Å². The SMILES string of the molecule is CC(C)OCCN1CCC(C)C(Cl)C1. The highest BCUT2D eigenvalue weighted by molar-refractivity contribution is 6.21. The molecular weight excluding hydrogens is 198 g/mol. The second-order valence-corrected chi connectivity index (χ2v) is 5.06. The quantitative estimate of drug-likeness (QED) is 0.674. The minimum Gasteiger partial charge on any atom is -0.377 e. The molecule has 2 unspecified atom stereocenters. The molecule has 1 rings (SSSR count). The van der Waals surface area contributed by atoms with Gasteiger partial charge < -0.3 is 4.74 Å². The maximum Gasteiger partial charge on any atom is 0.0596 e. The molecule has 0 radical (unpaired) electrons. The summed E-state index contributed by atoms with van der Waals surface area (Å²) in [7, 11) is 0. The number of ether oxygens (including phenoxy) is 1. The lowest BCUT2D eigenvalue weighted by molar-refractivity contribution is 0.0522. The summed E-state index contributed by atoms with van der Waals surface area (Å²) in [6, 6.07) is 0. The Morgan fingerprint density at radius 3 is 2.79 bits per heavy atom. The third kappa shape index (κ3) is 4.16. The average Bonchev–Trinajstić information content (AvgIpc) is 2.10. The number of piperidine rings is 1. The van der Waals surface area contributed by atoms with Crippen molar-refractivity contribution in [1.29, 1.82) is 0 Å². The Balaban J connectivity index is 2.13. The van der Waals surface area contributed by atoms with Gasteiger partial charge >= 0.3 is 0 Å². The van der Waals surface area contributed by atoms with Gasteiger partial charge in [0.25, 0.3) is 0 Å². The first-order valence-corrected chi connectivity index (χ1v) is 6.01. The number of halogens is 1. The molecule has 1 saturated heterocycles. The van der Waals surface area contributed by atoms with Gasteiger partial charge in [0.05, 0.1) is 12.7 Å². The van der Waals surface area contributed by atoms with Crippen molar-refractivity contribution in [3.8, 4) is 0 Å². The van der Waals surface area contributed by atoms with Crippen LogP contribution in [0.4, 0.5) is 0 Å². The van der Waals surface area contributed by atoms with Crippen molar-refractivity contribution in [2.24, 2.45) is 5.92 Å². The summed E-state index contributed by atoms with van der Waals surface area (Å²) in [5, 5.41) is 0.322. The zero-order valence-electron chi connectivity index (χ0n) is 9.50. The smallest absolute Gasteiger partial charge is 0.0596 e. The van der Waals surface area contributed by atoms with E-state index in [1.807, 2.05) is 0 Å². The molecule has 1 fully saturated rings. The standard InChI is InChI=1S/C11H22ClNO/c1-9(2)14-7-6-13-5-4-10(3)11(12)8-13/h9-11H,4-8H2,1-3H3. The average molecular weight is 220 g/mol. The topological polar surface area (TPSA) is 12.5 Å². The Labute approximate surface area is 92.6 Å². The largest absolute Gasteiger partial charge is 0.377 e. The fourth-order valence-corrected chi connectivity index (χ4v) is 2.03. The maximum atomic E-state index is 6.22. The number of rotatable bonds is 4. The molecule has 0 spiro atoms. The first-order chi connectivity index (χ1) is 6.59. The molecular formula is C11H22ClNO. The first kappa shape index (κ1) is 12.3. The van der Waals surface area contributed by atoms with Gasteiger partial charge in [-0.3, -0.25) is 4.90 Å². The molecule has 0 amide bonds. The van der Waals surface area contributed by atoms with Crippen LogP contribution >= 0.6 is 11.6 Å². The first-order valence-electron chi connectivity index (χ1n) is 5.57. The second kappa shape index (κ2) is 5.94. The predicted molar refractivity (Wildman–Crippen MR) is 61.0 cm³/mol. The van der Waals surface area contributed by atoms with Crippen LogP contribution in [-0.4, -0.2) is 42.6 Å². The lowest BCUT2D eigenvalue weighted by Gasteiger charge is -2.33. The van der Waals surface area contributed by atoms with Crippen molar-refractivity contribution in [2.45, 2.75) is 38.7 Å². The lowest BCUT2D eigenvalue weighted by Crippen LogP contribution is -2.42. The van der Waals surface area contributed by atoms with Crippen LogP contribution in [0.1, 0.15) is 27.2 Å². The molecule has 3 heteroatoms. The molecule has 2 atom stereocenters. The van der Waals surface area contributed by atoms with E-state index in [0.717, 1.165) is 19.7 Å². The van der Waals surface area contributed by atoms with Crippen molar-refractivity contribution < 1.29 is 4.74 Å². The van der Waals surface area contributed by atoms with Gasteiger partial charge in [-0.1, -0.05) is 6.92 Å². The van der Waals surface area contributed by atoms with E-state index in [1.54, 1.807) is 0 Å². The van der Waals surface area contributed by atoms with Crippen molar-refractivity contribution in [3.63, 3.8) is 0 Å². The van der Waals surface area contributed by atoms with E-state index in [1.165, 1.54) is 13.0 Å². The summed E-state index contributed by atoms with van der Waals surface area (Å²) >= 11 is 6.22. The molecule has 0 bridgehead atoms. The molecule has 0 aromatic heterocycles. The fraction of sp³-hybridized carbons (Fsp3) is 1.00. The third-order valence-corrected chi connectivity index (χ3v) is 3.38. The molecule has 0 aliphatic carbocycles.